The number of aliphatic hydroxyl groups excluding tert-OH is 3. The molecule has 0 rings (SSSR count). The fraction of sp³-hybridized carbons (Fsp3) is 0.800. The summed E-state index contributed by atoms with van der Waals surface area (Å²) in [5.41, 5.74) is 0. The van der Waals surface area contributed by atoms with Crippen molar-refractivity contribution in [3.8, 4) is 0 Å². The van der Waals surface area contributed by atoms with Crippen molar-refractivity contribution in [2.24, 2.45) is 0 Å². The highest BCUT2D eigenvalue weighted by Gasteiger charge is 2.13. The predicted molar refractivity (Wildman–Crippen MR) is 50.7 cm³/mol. The van der Waals surface area contributed by atoms with Crippen molar-refractivity contribution in [2.75, 3.05) is 6.61 Å². The molecule has 0 saturated carbocycles. The zero-order chi connectivity index (χ0) is 11.8. The Hall–Kier alpha value is 0.0800. The first-order valence-electron chi connectivity index (χ1n) is 3.41. The molecular formula is C5H13O7PS. The molecule has 7 nitrogen and oxygen atoms in total. The second-order valence-electron chi connectivity index (χ2n) is 2.23. The van der Waals surface area contributed by atoms with Crippen LogP contribution in [0, 0.1) is 0 Å². The van der Waals surface area contributed by atoms with Crippen LogP contribution in [0.2, 0.25) is 0 Å². The molecule has 0 heterocycles. The first-order valence-corrected chi connectivity index (χ1v) is 6.07. The quantitative estimate of drug-likeness (QED) is 0.237. The van der Waals surface area contributed by atoms with Crippen LogP contribution < -0.4 is 0 Å². The molecule has 86 valence electrons. The third-order valence-corrected chi connectivity index (χ3v) is 0.969. The first-order chi connectivity index (χ1) is 6.22. The van der Waals surface area contributed by atoms with Gasteiger partial charge in [0.25, 0.3) is 0 Å². The first kappa shape index (κ1) is 16.5. The number of carbonyl (C=O) groups is 1. The van der Waals surface area contributed by atoms with E-state index < -0.39 is 25.5 Å². The maximum atomic E-state index is 9.68. The van der Waals surface area contributed by atoms with Gasteiger partial charge in [0, 0.05) is 6.42 Å². The summed E-state index contributed by atoms with van der Waals surface area (Å²) in [6.07, 6.45) is -1.98. The summed E-state index contributed by atoms with van der Waals surface area (Å²) in [6, 6.07) is 0. The van der Waals surface area contributed by atoms with E-state index in [2.05, 4.69) is 11.8 Å². The van der Waals surface area contributed by atoms with E-state index in [9.17, 15) is 4.79 Å². The normalized spacial score (nSPS) is 15.0. The largest absolute Gasteiger partial charge is 0.394 e. The molecule has 0 unspecified atom stereocenters. The summed E-state index contributed by atoms with van der Waals surface area (Å²) in [7, 11) is 0. The van der Waals surface area contributed by atoms with Crippen molar-refractivity contribution < 1.29 is 34.8 Å². The zero-order valence-electron chi connectivity index (χ0n) is 7.09. The molecule has 0 amide bonds. The van der Waals surface area contributed by atoms with Gasteiger partial charge in [0.2, 0.25) is 0 Å². The van der Waals surface area contributed by atoms with Crippen LogP contribution in [0.3, 0.4) is 0 Å². The fourth-order valence-corrected chi connectivity index (χ4v) is 0.377. The lowest BCUT2D eigenvalue weighted by Gasteiger charge is -2.11. The Morgan fingerprint density at radius 1 is 1.21 bits per heavy atom. The number of hydrogen-bond acceptors (Lipinski definition) is 5. The van der Waals surface area contributed by atoms with Gasteiger partial charge in [-0.1, -0.05) is 0 Å². The van der Waals surface area contributed by atoms with Crippen LogP contribution in [0.15, 0.2) is 0 Å². The Kier molecular flexibility index (Phi) is 9.90. The molecule has 6 N–H and O–H groups in total. The molecule has 0 aliphatic rings. The van der Waals surface area contributed by atoms with E-state index in [1.807, 2.05) is 0 Å². The summed E-state index contributed by atoms with van der Waals surface area (Å²) < 4.78 is 0. The van der Waals surface area contributed by atoms with Gasteiger partial charge in [0.1, 0.15) is 12.4 Å². The average molecular weight is 248 g/mol. The van der Waals surface area contributed by atoms with Gasteiger partial charge in [-0.05, 0) is 11.8 Å². The third-order valence-electron chi connectivity index (χ3n) is 0.969. The topological polar surface area (TPSA) is 138 Å². The van der Waals surface area contributed by atoms with Gasteiger partial charge in [0.05, 0.1) is 12.7 Å². The maximum Gasteiger partial charge on any atom is 0.319 e. The molecule has 0 saturated heterocycles. The minimum absolute atomic E-state index is 0.137. The lowest BCUT2D eigenvalue weighted by Crippen LogP contribution is -2.29. The summed E-state index contributed by atoms with van der Waals surface area (Å²) in [4.78, 5) is 32.4. The number of aliphatic hydroxyl groups is 3. The van der Waals surface area contributed by atoms with Gasteiger partial charge in [-0.2, -0.15) is 0 Å². The van der Waals surface area contributed by atoms with Gasteiger partial charge in [-0.15, -0.1) is 0 Å². The number of rotatable bonds is 4. The van der Waals surface area contributed by atoms with Gasteiger partial charge >= 0.3 is 6.72 Å². The molecule has 0 fully saturated rings. The minimum atomic E-state index is -3.81. The molecule has 0 bridgehead atoms. The molecule has 0 radical (unpaired) electrons. The molecule has 9 heteroatoms. The SMILES string of the molecule is O=CC[C@H](O)[C@H](O)CO.OP(O)(O)=S. The zero-order valence-corrected chi connectivity index (χ0v) is 8.80. The minimum Gasteiger partial charge on any atom is -0.394 e. The Morgan fingerprint density at radius 2 is 1.57 bits per heavy atom. The summed E-state index contributed by atoms with van der Waals surface area (Å²) in [6.45, 7) is -4.32. The van der Waals surface area contributed by atoms with E-state index >= 15 is 0 Å². The Bertz CT molecular complexity index is 184. The van der Waals surface area contributed by atoms with Crippen molar-refractivity contribution in [1.29, 1.82) is 0 Å². The van der Waals surface area contributed by atoms with Crippen LogP contribution in [-0.2, 0) is 16.6 Å². The standard InChI is InChI=1S/C5H10O4.H3O3PS/c6-2-1-4(8)5(9)3-7;1-4(2,3)5/h2,4-5,7-9H,1,3H2;(H3,1,2,3,5)/t4-,5+;/m0./s1. The molecule has 0 aromatic carbocycles. The van der Waals surface area contributed by atoms with Crippen molar-refractivity contribution in [2.45, 2.75) is 18.6 Å². The highest BCUT2D eigenvalue weighted by Crippen LogP contribution is 2.26. The summed E-state index contributed by atoms with van der Waals surface area (Å²) in [5.74, 6) is 0. The predicted octanol–water partition coefficient (Wildman–Crippen LogP) is -2.52. The lowest BCUT2D eigenvalue weighted by molar-refractivity contribution is -0.111. The smallest absolute Gasteiger partial charge is 0.319 e. The van der Waals surface area contributed by atoms with E-state index in [-0.39, 0.29) is 6.42 Å². The lowest BCUT2D eigenvalue weighted by atomic mass is 10.2. The highest BCUT2D eigenvalue weighted by atomic mass is 32.5. The van der Waals surface area contributed by atoms with Gasteiger partial charge in [-0.3, -0.25) is 0 Å². The third kappa shape index (κ3) is 18.0. The van der Waals surface area contributed by atoms with Crippen molar-refractivity contribution in [1.82, 2.24) is 0 Å². The molecule has 2 atom stereocenters. The van der Waals surface area contributed by atoms with Crippen molar-refractivity contribution >= 4 is 24.8 Å². The van der Waals surface area contributed by atoms with E-state index in [0.717, 1.165) is 0 Å². The van der Waals surface area contributed by atoms with E-state index in [4.69, 9.17) is 30.0 Å². The van der Waals surface area contributed by atoms with Crippen molar-refractivity contribution in [3.05, 3.63) is 0 Å². The van der Waals surface area contributed by atoms with Crippen molar-refractivity contribution in [3.63, 3.8) is 0 Å². The Labute approximate surface area is 85.5 Å². The summed E-state index contributed by atoms with van der Waals surface area (Å²) >= 11 is 3.60. The van der Waals surface area contributed by atoms with Gasteiger partial charge in [0.15, 0.2) is 0 Å². The Balaban J connectivity index is 0. The average Bonchev–Trinajstić information content (AvgIpc) is 2.00. The van der Waals surface area contributed by atoms with Crippen LogP contribution in [-0.4, -0.2) is 55.1 Å². The molecule has 0 aromatic rings. The molecule has 14 heavy (non-hydrogen) atoms. The van der Waals surface area contributed by atoms with E-state index in [1.165, 1.54) is 0 Å². The highest BCUT2D eigenvalue weighted by molar-refractivity contribution is 8.06. The molecule has 0 aromatic heterocycles. The second kappa shape index (κ2) is 8.39. The van der Waals surface area contributed by atoms with Crippen LogP contribution in [0.1, 0.15) is 6.42 Å². The van der Waals surface area contributed by atoms with Crippen LogP contribution in [0.4, 0.5) is 0 Å². The fourth-order valence-electron chi connectivity index (χ4n) is 0.377. The molecule has 0 spiro atoms. The van der Waals surface area contributed by atoms with E-state index in [1.54, 1.807) is 0 Å². The second-order valence-corrected chi connectivity index (χ2v) is 4.73. The number of hydrogen-bond donors (Lipinski definition) is 6. The molecular weight excluding hydrogens is 235 g/mol. The summed E-state index contributed by atoms with van der Waals surface area (Å²) in [5, 5.41) is 25.5. The monoisotopic (exact) mass is 248 g/mol. The maximum absolute atomic E-state index is 9.68. The molecule has 0 aliphatic heterocycles. The number of aldehydes is 1. The van der Waals surface area contributed by atoms with Gasteiger partial charge in [-0.25, -0.2) is 0 Å². The molecule has 0 aliphatic carbocycles. The van der Waals surface area contributed by atoms with Crippen LogP contribution >= 0.6 is 6.72 Å². The van der Waals surface area contributed by atoms with Gasteiger partial charge < -0.3 is 34.8 Å². The van der Waals surface area contributed by atoms with E-state index in [0.29, 0.717) is 6.29 Å². The van der Waals surface area contributed by atoms with Crippen LogP contribution in [0.5, 0.6) is 0 Å². The Morgan fingerprint density at radius 3 is 1.79 bits per heavy atom. The number of carbonyl (C=O) groups excluding carboxylic acids is 1. The van der Waals surface area contributed by atoms with Crippen LogP contribution in [0.25, 0.3) is 0 Å².